The smallest absolute Gasteiger partial charge is 0.254 e. The van der Waals surface area contributed by atoms with Gasteiger partial charge in [0.15, 0.2) is 0 Å². The molecular formula is C12H12Cl2FNO. The lowest BCUT2D eigenvalue weighted by Crippen LogP contribution is -2.31. The lowest BCUT2D eigenvalue weighted by molar-refractivity contribution is 0.0942. The Hall–Kier alpha value is -0.800. The van der Waals surface area contributed by atoms with E-state index in [1.54, 1.807) is 0 Å². The van der Waals surface area contributed by atoms with E-state index < -0.39 is 11.7 Å². The zero-order chi connectivity index (χ0) is 12.5. The third-order valence-electron chi connectivity index (χ3n) is 3.04. The van der Waals surface area contributed by atoms with Crippen molar-refractivity contribution < 1.29 is 9.18 Å². The molecule has 1 amide bonds. The van der Waals surface area contributed by atoms with Gasteiger partial charge >= 0.3 is 0 Å². The highest BCUT2D eigenvalue weighted by molar-refractivity contribution is 6.31. The number of carbonyl (C=O) groups excluding carboxylic acids is 1. The Kier molecular flexibility index (Phi) is 3.59. The summed E-state index contributed by atoms with van der Waals surface area (Å²) in [5.74, 6) is -0.491. The summed E-state index contributed by atoms with van der Waals surface area (Å²) in [5, 5.41) is 3.04. The molecule has 1 fully saturated rings. The van der Waals surface area contributed by atoms with Crippen molar-refractivity contribution in [3.63, 3.8) is 0 Å². The minimum absolute atomic E-state index is 0.0201. The van der Waals surface area contributed by atoms with Crippen molar-refractivity contribution in [3.05, 3.63) is 34.6 Å². The molecule has 0 radical (unpaired) electrons. The van der Waals surface area contributed by atoms with Gasteiger partial charge in [0.25, 0.3) is 5.91 Å². The van der Waals surface area contributed by atoms with E-state index in [9.17, 15) is 9.18 Å². The molecular weight excluding hydrogens is 264 g/mol. The predicted molar refractivity (Wildman–Crippen MR) is 66.1 cm³/mol. The summed E-state index contributed by atoms with van der Waals surface area (Å²) in [6, 6.07) is 3.92. The van der Waals surface area contributed by atoms with Crippen molar-refractivity contribution in [2.75, 3.05) is 12.4 Å². The van der Waals surface area contributed by atoms with E-state index in [-0.39, 0.29) is 11.0 Å². The largest absolute Gasteiger partial charge is 0.351 e. The monoisotopic (exact) mass is 275 g/mol. The summed E-state index contributed by atoms with van der Waals surface area (Å²) in [5.41, 5.74) is -0.00501. The third-order valence-corrected chi connectivity index (χ3v) is 3.84. The summed E-state index contributed by atoms with van der Waals surface area (Å²) >= 11 is 11.5. The molecule has 0 spiro atoms. The molecule has 0 bridgehead atoms. The van der Waals surface area contributed by atoms with E-state index in [4.69, 9.17) is 23.2 Å². The van der Waals surface area contributed by atoms with E-state index in [1.807, 2.05) is 0 Å². The quantitative estimate of drug-likeness (QED) is 0.840. The van der Waals surface area contributed by atoms with Crippen LogP contribution in [0.15, 0.2) is 18.2 Å². The van der Waals surface area contributed by atoms with E-state index in [1.165, 1.54) is 18.2 Å². The first-order valence-corrected chi connectivity index (χ1v) is 6.27. The van der Waals surface area contributed by atoms with Crippen LogP contribution in [0.3, 0.4) is 0 Å². The highest BCUT2D eigenvalue weighted by Gasteiger charge is 2.41. The van der Waals surface area contributed by atoms with Gasteiger partial charge in [-0.3, -0.25) is 4.79 Å². The van der Waals surface area contributed by atoms with E-state index in [2.05, 4.69) is 5.32 Å². The molecule has 0 saturated heterocycles. The Balaban J connectivity index is 2.02. The van der Waals surface area contributed by atoms with E-state index in [0.717, 1.165) is 12.8 Å². The Morgan fingerprint density at radius 3 is 2.76 bits per heavy atom. The number of rotatable bonds is 4. The number of carbonyl (C=O) groups is 1. The zero-order valence-corrected chi connectivity index (χ0v) is 10.6. The molecule has 92 valence electrons. The number of amides is 1. The van der Waals surface area contributed by atoms with Crippen molar-refractivity contribution in [2.24, 2.45) is 5.41 Å². The standard InChI is InChI=1S/C12H12Cl2FNO/c13-6-12(3-4-12)7-16-11(17)9-5-8(14)1-2-10(9)15/h1-2,5H,3-4,6-7H2,(H,16,17). The van der Waals surface area contributed by atoms with Crippen LogP contribution in [0.4, 0.5) is 4.39 Å². The van der Waals surface area contributed by atoms with Crippen LogP contribution in [0.25, 0.3) is 0 Å². The second kappa shape index (κ2) is 4.83. The van der Waals surface area contributed by atoms with Crippen molar-refractivity contribution in [1.29, 1.82) is 0 Å². The molecule has 0 aromatic heterocycles. The minimum Gasteiger partial charge on any atom is -0.351 e. The molecule has 0 unspecified atom stereocenters. The van der Waals surface area contributed by atoms with Gasteiger partial charge < -0.3 is 5.32 Å². The van der Waals surface area contributed by atoms with Crippen molar-refractivity contribution in [3.8, 4) is 0 Å². The molecule has 2 nitrogen and oxygen atoms in total. The molecule has 1 aliphatic carbocycles. The average Bonchev–Trinajstić information content (AvgIpc) is 3.10. The van der Waals surface area contributed by atoms with Crippen molar-refractivity contribution in [2.45, 2.75) is 12.8 Å². The summed E-state index contributed by atoms with van der Waals surface area (Å²) in [4.78, 5) is 11.8. The number of nitrogens with one attached hydrogen (secondary N) is 1. The first-order chi connectivity index (χ1) is 8.06. The normalized spacial score (nSPS) is 16.6. The first-order valence-electron chi connectivity index (χ1n) is 5.36. The van der Waals surface area contributed by atoms with Gasteiger partial charge in [-0.15, -0.1) is 11.6 Å². The maximum atomic E-state index is 13.4. The fraction of sp³-hybridized carbons (Fsp3) is 0.417. The van der Waals surface area contributed by atoms with Crippen LogP contribution < -0.4 is 5.32 Å². The highest BCUT2D eigenvalue weighted by Crippen LogP contribution is 2.45. The molecule has 1 aromatic carbocycles. The van der Waals surface area contributed by atoms with Crippen LogP contribution >= 0.6 is 23.2 Å². The SMILES string of the molecule is O=C(NCC1(CCl)CC1)c1cc(Cl)ccc1F. The van der Waals surface area contributed by atoms with Gasteiger partial charge in [0.1, 0.15) is 5.82 Å². The number of halogens is 3. The number of hydrogen-bond acceptors (Lipinski definition) is 1. The third kappa shape index (κ3) is 2.90. The molecule has 1 saturated carbocycles. The van der Waals surface area contributed by atoms with Gasteiger partial charge in [-0.1, -0.05) is 11.6 Å². The zero-order valence-electron chi connectivity index (χ0n) is 9.10. The second-order valence-electron chi connectivity index (χ2n) is 4.44. The molecule has 17 heavy (non-hydrogen) atoms. The fourth-order valence-electron chi connectivity index (χ4n) is 1.57. The van der Waals surface area contributed by atoms with Gasteiger partial charge in [-0.2, -0.15) is 0 Å². The topological polar surface area (TPSA) is 29.1 Å². The van der Waals surface area contributed by atoms with E-state index >= 15 is 0 Å². The Morgan fingerprint density at radius 1 is 1.47 bits per heavy atom. The minimum atomic E-state index is -0.567. The summed E-state index contributed by atoms with van der Waals surface area (Å²) < 4.78 is 13.4. The molecule has 1 aliphatic rings. The molecule has 2 rings (SSSR count). The average molecular weight is 276 g/mol. The maximum absolute atomic E-state index is 13.4. The molecule has 5 heteroatoms. The lowest BCUT2D eigenvalue weighted by Gasteiger charge is -2.12. The maximum Gasteiger partial charge on any atom is 0.254 e. The lowest BCUT2D eigenvalue weighted by atomic mass is 10.1. The van der Waals surface area contributed by atoms with Crippen molar-refractivity contribution >= 4 is 29.1 Å². The number of alkyl halides is 1. The highest BCUT2D eigenvalue weighted by atomic mass is 35.5. The molecule has 1 N–H and O–H groups in total. The van der Waals surface area contributed by atoms with Crippen LogP contribution in [-0.4, -0.2) is 18.3 Å². The Bertz CT molecular complexity index is 446. The van der Waals surface area contributed by atoms with Gasteiger partial charge in [0.05, 0.1) is 5.56 Å². The fourth-order valence-corrected chi connectivity index (χ4v) is 2.10. The van der Waals surface area contributed by atoms with Crippen LogP contribution in [0.5, 0.6) is 0 Å². The molecule has 1 aromatic rings. The molecule has 0 atom stereocenters. The van der Waals surface area contributed by atoms with Crippen LogP contribution in [0, 0.1) is 11.2 Å². The molecule has 0 heterocycles. The van der Waals surface area contributed by atoms with Gasteiger partial charge in [0.2, 0.25) is 0 Å². The number of benzene rings is 1. The predicted octanol–water partition coefficient (Wildman–Crippen LogP) is 3.23. The van der Waals surface area contributed by atoms with Gasteiger partial charge in [-0.25, -0.2) is 4.39 Å². The first kappa shape index (κ1) is 12.7. The van der Waals surface area contributed by atoms with Crippen LogP contribution in [-0.2, 0) is 0 Å². The Labute approximate surface area is 109 Å². The van der Waals surface area contributed by atoms with Gasteiger partial charge in [0, 0.05) is 22.9 Å². The Morgan fingerprint density at radius 2 is 2.18 bits per heavy atom. The van der Waals surface area contributed by atoms with Gasteiger partial charge in [-0.05, 0) is 31.0 Å². The summed E-state index contributed by atoms with van der Waals surface area (Å²) in [7, 11) is 0. The van der Waals surface area contributed by atoms with Crippen LogP contribution in [0.1, 0.15) is 23.2 Å². The second-order valence-corrected chi connectivity index (χ2v) is 5.14. The summed E-state index contributed by atoms with van der Waals surface area (Å²) in [6.45, 7) is 0.487. The molecule has 0 aliphatic heterocycles. The van der Waals surface area contributed by atoms with Crippen molar-refractivity contribution in [1.82, 2.24) is 5.32 Å². The van der Waals surface area contributed by atoms with Crippen LogP contribution in [0.2, 0.25) is 5.02 Å². The van der Waals surface area contributed by atoms with E-state index in [0.29, 0.717) is 17.4 Å². The summed E-state index contributed by atoms with van der Waals surface area (Å²) in [6.07, 6.45) is 2.02. The number of hydrogen-bond donors (Lipinski definition) is 1.